The van der Waals surface area contributed by atoms with Gasteiger partial charge in [-0.2, -0.15) is 21.6 Å². The smallest absolute Gasteiger partial charge is 0.373 e. The lowest BCUT2D eigenvalue weighted by atomic mass is 9.91. The summed E-state index contributed by atoms with van der Waals surface area (Å²) in [5, 5.41) is 0. The third-order valence-electron chi connectivity index (χ3n) is 9.47. The van der Waals surface area contributed by atoms with E-state index in [1.165, 1.54) is 6.07 Å². The third-order valence-corrected chi connectivity index (χ3v) is 10.4. The lowest BCUT2D eigenvalue weighted by molar-refractivity contribution is -0.0509. The third kappa shape index (κ3) is 6.37. The molecule has 0 radical (unpaired) electrons. The Bertz CT molecular complexity index is 2980. The van der Waals surface area contributed by atoms with Crippen LogP contribution in [0.4, 0.5) is 13.2 Å². The normalized spacial score (nSPS) is 12.9. The molecule has 0 fully saturated rings. The molecule has 274 valence electrons. The van der Waals surface area contributed by atoms with E-state index in [1.807, 2.05) is 115 Å². The second-order valence-electron chi connectivity index (χ2n) is 13.1. The molecule has 0 aliphatic carbocycles. The number of nitrogens with one attached hydrogen (secondary N) is 2. The van der Waals surface area contributed by atoms with E-state index >= 15 is 0 Å². The van der Waals surface area contributed by atoms with Crippen molar-refractivity contribution < 1.29 is 25.8 Å². The summed E-state index contributed by atoms with van der Waals surface area (Å²) in [7, 11) is -6.16. The first-order valence-corrected chi connectivity index (χ1v) is 19.0. The van der Waals surface area contributed by atoms with Crippen molar-refractivity contribution in [1.29, 1.82) is 0 Å². The average molecular weight is 763 g/mol. The molecule has 9 rings (SSSR count). The summed E-state index contributed by atoms with van der Waals surface area (Å²) in [4.78, 5) is 16.9. The Morgan fingerprint density at radius 3 is 1.61 bits per heavy atom. The van der Waals surface area contributed by atoms with Crippen molar-refractivity contribution in [3.8, 4) is 33.4 Å². The van der Waals surface area contributed by atoms with Gasteiger partial charge < -0.3 is 14.2 Å². The summed E-state index contributed by atoms with van der Waals surface area (Å²) in [6.07, 6.45) is 3.83. The van der Waals surface area contributed by atoms with Crippen LogP contribution in [0.3, 0.4) is 0 Å². The molecule has 0 saturated heterocycles. The van der Waals surface area contributed by atoms with Crippen LogP contribution >= 0.6 is 0 Å². The number of hydrogen-bond donors (Lipinski definition) is 2. The molecule has 8 bridgehead atoms. The lowest BCUT2D eigenvalue weighted by Gasteiger charge is -2.14. The van der Waals surface area contributed by atoms with Gasteiger partial charge in [0.2, 0.25) is 0 Å². The first-order chi connectivity index (χ1) is 27.1. The van der Waals surface area contributed by atoms with Crippen LogP contribution in [0, 0.1) is 0 Å². The van der Waals surface area contributed by atoms with Crippen molar-refractivity contribution in [3.63, 3.8) is 0 Å². The second-order valence-corrected chi connectivity index (χ2v) is 14.7. The average Bonchev–Trinajstić information content (AvgIpc) is 4.00. The van der Waals surface area contributed by atoms with E-state index in [9.17, 15) is 21.6 Å². The maximum atomic E-state index is 14.2. The maximum Gasteiger partial charge on any atom is 0.534 e. The summed E-state index contributed by atoms with van der Waals surface area (Å²) >= 11 is 0. The van der Waals surface area contributed by atoms with Crippen LogP contribution in [0.5, 0.6) is 0 Å². The number of fused-ring (bicyclic) bond motifs is 8. The van der Waals surface area contributed by atoms with Gasteiger partial charge in [0.25, 0.3) is 0 Å². The summed E-state index contributed by atoms with van der Waals surface area (Å²) in [6, 6.07) is 46.3. The number of rotatable bonds is 6. The zero-order valence-corrected chi connectivity index (χ0v) is 30.1. The molecule has 7 aromatic rings. The number of hydrogen-bond acceptors (Lipinski definition) is 5. The van der Waals surface area contributed by atoms with Crippen molar-refractivity contribution in [2.45, 2.75) is 5.51 Å². The fourth-order valence-corrected chi connectivity index (χ4v) is 7.56. The van der Waals surface area contributed by atoms with E-state index in [4.69, 9.17) is 14.2 Å². The van der Waals surface area contributed by atoms with E-state index in [0.717, 1.165) is 22.3 Å². The van der Waals surface area contributed by atoms with Gasteiger partial charge in [0, 0.05) is 33.2 Å². The molecule has 5 heterocycles. The monoisotopic (exact) mass is 762 g/mol. The Morgan fingerprint density at radius 2 is 1.04 bits per heavy atom. The van der Waals surface area contributed by atoms with E-state index < -0.39 is 21.4 Å². The topological polar surface area (TPSA) is 101 Å². The van der Waals surface area contributed by atoms with Gasteiger partial charge >= 0.3 is 15.6 Å². The number of aromatic nitrogens is 4. The van der Waals surface area contributed by atoms with Crippen molar-refractivity contribution in [2.75, 3.05) is 0 Å². The molecule has 56 heavy (non-hydrogen) atoms. The van der Waals surface area contributed by atoms with Gasteiger partial charge in [-0.25, -0.2) is 9.97 Å². The van der Waals surface area contributed by atoms with Crippen LogP contribution in [-0.4, -0.2) is 33.9 Å². The van der Waals surface area contributed by atoms with E-state index in [-0.39, 0.29) is 17.0 Å². The highest BCUT2D eigenvalue weighted by Crippen LogP contribution is 2.48. The fourth-order valence-electron chi connectivity index (χ4n) is 7.08. The van der Waals surface area contributed by atoms with Gasteiger partial charge in [0.15, 0.2) is 5.76 Å². The Kier molecular flexibility index (Phi) is 8.51. The van der Waals surface area contributed by atoms with E-state index in [2.05, 4.69) is 9.97 Å². The van der Waals surface area contributed by atoms with Crippen molar-refractivity contribution >= 4 is 55.7 Å². The highest BCUT2D eigenvalue weighted by molar-refractivity contribution is 7.87. The van der Waals surface area contributed by atoms with Gasteiger partial charge in [-0.15, -0.1) is 0 Å². The van der Waals surface area contributed by atoms with Gasteiger partial charge in [0.05, 0.1) is 28.2 Å². The molecular weight excluding hydrogens is 734 g/mol. The van der Waals surface area contributed by atoms with Gasteiger partial charge in [-0.05, 0) is 64.7 Å². The van der Waals surface area contributed by atoms with Crippen molar-refractivity contribution in [2.24, 2.45) is 0 Å². The Labute approximate surface area is 319 Å². The molecule has 4 aromatic carbocycles. The van der Waals surface area contributed by atoms with Crippen LogP contribution in [-0.2, 0) is 14.3 Å². The zero-order chi connectivity index (χ0) is 38.4. The van der Waals surface area contributed by atoms with Gasteiger partial charge in [-0.1, -0.05) is 121 Å². The summed E-state index contributed by atoms with van der Waals surface area (Å²) in [5.74, 6) is -0.564. The van der Waals surface area contributed by atoms with E-state index in [1.54, 1.807) is 42.5 Å². The molecule has 0 unspecified atom stereocenters. The first kappa shape index (κ1) is 34.8. The number of halogens is 3. The molecule has 2 aliphatic rings. The molecule has 0 saturated carbocycles. The van der Waals surface area contributed by atoms with E-state index in [0.29, 0.717) is 50.1 Å². The highest BCUT2D eigenvalue weighted by atomic mass is 32.2. The molecule has 2 N–H and O–H groups in total. The number of alkyl halides is 3. The minimum atomic E-state index is -6.16. The van der Waals surface area contributed by atoms with Crippen LogP contribution in [0.15, 0.2) is 152 Å². The molecule has 0 spiro atoms. The second kappa shape index (κ2) is 13.7. The summed E-state index contributed by atoms with van der Waals surface area (Å²) in [6.45, 7) is 0. The Hall–Kier alpha value is -6.98. The minimum absolute atomic E-state index is 0.0634. The molecule has 0 amide bonds. The van der Waals surface area contributed by atoms with Crippen molar-refractivity contribution in [3.05, 3.63) is 180 Å². The van der Waals surface area contributed by atoms with Gasteiger partial charge in [-0.3, -0.25) is 0 Å². The number of benzene rings is 4. The molecule has 2 aliphatic heterocycles. The fraction of sp³-hybridized carbons (Fsp3) is 0.0222. The predicted molar refractivity (Wildman–Crippen MR) is 215 cm³/mol. The quantitative estimate of drug-likeness (QED) is 0.130. The molecule has 0 atom stereocenters. The standard InChI is InChI=1S/C45H29F3N4O3S/c46-45(47,48)56(53,54)55-44-37-27-35-24-22-33(50-35)25-32-21-23-34(49-32)26-36-38(28-13-5-1-6-14-28)39(29-15-7-2-8-16-29)42(51-36)40(30-17-9-3-10-18-30)43(52-37)41(44)31-19-11-4-12-20-31/h1-27,50-51H. The van der Waals surface area contributed by atoms with Crippen LogP contribution in [0.25, 0.3) is 78.9 Å². The van der Waals surface area contributed by atoms with Crippen LogP contribution < -0.4 is 0 Å². The van der Waals surface area contributed by atoms with Gasteiger partial charge in [0.1, 0.15) is 5.69 Å². The maximum absolute atomic E-state index is 14.2. The molecular formula is C45H29F3N4O3S. The summed E-state index contributed by atoms with van der Waals surface area (Å²) < 4.78 is 73.6. The minimum Gasteiger partial charge on any atom is -0.373 e. The van der Waals surface area contributed by atoms with Crippen molar-refractivity contribution in [1.82, 2.24) is 19.9 Å². The highest BCUT2D eigenvalue weighted by Gasteiger charge is 2.50. The van der Waals surface area contributed by atoms with Crippen LogP contribution in [0.1, 0.15) is 28.3 Å². The SMILES string of the molecule is O=S(=O)(OC1=C(c2ccccc2)c2nc1cc1ccc(cc3nc(cc4[nH]c(c2-c2ccccc2)c(-c2ccccc2)c4-c2ccccc2)C=C3)[nH]1)C(F)(F)F. The zero-order valence-electron chi connectivity index (χ0n) is 29.2. The van der Waals surface area contributed by atoms with Crippen LogP contribution in [0.2, 0.25) is 0 Å². The first-order valence-electron chi connectivity index (χ1n) is 17.6. The predicted octanol–water partition coefficient (Wildman–Crippen LogP) is 11.3. The summed E-state index contributed by atoms with van der Waals surface area (Å²) in [5.41, 5.74) is 3.13. The lowest BCUT2D eigenvalue weighted by Crippen LogP contribution is -2.25. The number of nitrogens with zero attached hydrogens (tertiary/aromatic N) is 2. The number of H-pyrrole nitrogens is 2. The molecule has 11 heteroatoms. The Morgan fingerprint density at radius 1 is 0.536 bits per heavy atom. The molecule has 7 nitrogen and oxygen atoms in total. The largest absolute Gasteiger partial charge is 0.534 e. The Balaban J connectivity index is 1.56. The number of aromatic amines is 2. The molecule has 3 aromatic heterocycles.